The van der Waals surface area contributed by atoms with E-state index in [4.69, 9.17) is 21.2 Å². The van der Waals surface area contributed by atoms with Crippen LogP contribution in [0, 0.1) is 5.82 Å². The number of methoxy groups -OCH3 is 1. The maximum atomic E-state index is 13.2. The van der Waals surface area contributed by atoms with Gasteiger partial charge in [-0.1, -0.05) is 17.7 Å². The van der Waals surface area contributed by atoms with Gasteiger partial charge in [-0.2, -0.15) is 5.48 Å². The van der Waals surface area contributed by atoms with Gasteiger partial charge in [0.15, 0.2) is 0 Å². The van der Waals surface area contributed by atoms with Crippen LogP contribution in [-0.2, 0) is 16.1 Å². The Kier molecular flexibility index (Phi) is 5.57. The Morgan fingerprint density at radius 3 is 2.87 bits per heavy atom. The lowest BCUT2D eigenvalue weighted by Gasteiger charge is -2.06. The van der Waals surface area contributed by atoms with E-state index in [1.54, 1.807) is 19.2 Å². The molecule has 5 heteroatoms. The van der Waals surface area contributed by atoms with Crippen LogP contribution in [0.1, 0.15) is 5.56 Å². The van der Waals surface area contributed by atoms with E-state index < -0.39 is 0 Å². The highest BCUT2D eigenvalue weighted by molar-refractivity contribution is 6.30. The van der Waals surface area contributed by atoms with Crippen LogP contribution < -0.4 is 5.48 Å². The summed E-state index contributed by atoms with van der Waals surface area (Å²) >= 11 is 5.61. The van der Waals surface area contributed by atoms with Crippen LogP contribution in [0.3, 0.4) is 0 Å². The van der Waals surface area contributed by atoms with E-state index in [9.17, 15) is 4.39 Å². The van der Waals surface area contributed by atoms with Crippen LogP contribution >= 0.6 is 11.6 Å². The molecule has 0 fully saturated rings. The zero-order valence-electron chi connectivity index (χ0n) is 8.43. The van der Waals surface area contributed by atoms with E-state index in [0.29, 0.717) is 30.3 Å². The summed E-state index contributed by atoms with van der Waals surface area (Å²) in [7, 11) is 1.59. The molecule has 1 aromatic carbocycles. The smallest absolute Gasteiger partial charge is 0.129 e. The highest BCUT2D eigenvalue weighted by atomic mass is 35.5. The number of hydroxylamine groups is 1. The van der Waals surface area contributed by atoms with Crippen molar-refractivity contribution in [2.45, 2.75) is 6.54 Å². The third-order valence-electron chi connectivity index (χ3n) is 1.77. The fraction of sp³-hybridized carbons (Fsp3) is 0.400. The molecule has 0 radical (unpaired) electrons. The predicted molar refractivity (Wildman–Crippen MR) is 56.1 cm³/mol. The Hall–Kier alpha value is -0.680. The number of benzene rings is 1. The molecule has 0 bridgehead atoms. The van der Waals surface area contributed by atoms with Crippen molar-refractivity contribution in [3.05, 3.63) is 34.6 Å². The van der Waals surface area contributed by atoms with Gasteiger partial charge in [0.2, 0.25) is 0 Å². The molecule has 0 saturated heterocycles. The van der Waals surface area contributed by atoms with Crippen molar-refractivity contribution in [3.8, 4) is 0 Å². The first-order valence-corrected chi connectivity index (χ1v) is 4.89. The average Bonchev–Trinajstić information content (AvgIpc) is 2.20. The molecule has 0 heterocycles. The zero-order valence-corrected chi connectivity index (χ0v) is 9.18. The van der Waals surface area contributed by atoms with Crippen molar-refractivity contribution in [3.63, 3.8) is 0 Å². The van der Waals surface area contributed by atoms with Crippen molar-refractivity contribution < 1.29 is 14.0 Å². The van der Waals surface area contributed by atoms with Crippen LogP contribution in [-0.4, -0.2) is 20.3 Å². The molecule has 0 aromatic heterocycles. The second kappa shape index (κ2) is 6.74. The second-order valence-electron chi connectivity index (χ2n) is 2.90. The van der Waals surface area contributed by atoms with Gasteiger partial charge in [-0.25, -0.2) is 4.39 Å². The molecule has 0 aliphatic heterocycles. The fourth-order valence-corrected chi connectivity index (χ4v) is 1.15. The molecular formula is C10H13ClFNO2. The first-order chi connectivity index (χ1) is 7.24. The number of hydrogen-bond donors (Lipinski definition) is 1. The quantitative estimate of drug-likeness (QED) is 0.603. The monoisotopic (exact) mass is 233 g/mol. The van der Waals surface area contributed by atoms with Gasteiger partial charge in [0.25, 0.3) is 0 Å². The van der Waals surface area contributed by atoms with E-state index in [1.165, 1.54) is 6.07 Å². The minimum atomic E-state index is -0.342. The molecule has 0 unspecified atom stereocenters. The van der Waals surface area contributed by atoms with E-state index in [-0.39, 0.29) is 5.82 Å². The maximum Gasteiger partial charge on any atom is 0.129 e. The molecule has 0 saturated carbocycles. The van der Waals surface area contributed by atoms with Crippen molar-refractivity contribution in [1.82, 2.24) is 5.48 Å². The standard InChI is InChI=1S/C10H13ClFNO2/c1-14-4-5-15-13-7-8-2-3-9(11)6-10(8)12/h2-3,6,13H,4-5,7H2,1H3. The van der Waals surface area contributed by atoms with E-state index in [1.807, 2.05) is 0 Å². The molecule has 3 nitrogen and oxygen atoms in total. The Balaban J connectivity index is 2.31. The predicted octanol–water partition coefficient (Wildman–Crippen LogP) is 2.15. The van der Waals surface area contributed by atoms with E-state index >= 15 is 0 Å². The number of halogens is 2. The average molecular weight is 234 g/mol. The molecule has 0 aliphatic rings. The van der Waals surface area contributed by atoms with Crippen molar-refractivity contribution in [1.29, 1.82) is 0 Å². The Labute approximate surface area is 93.1 Å². The maximum absolute atomic E-state index is 13.2. The zero-order chi connectivity index (χ0) is 11.1. The van der Waals surface area contributed by atoms with Crippen LogP contribution in [0.5, 0.6) is 0 Å². The molecule has 1 N–H and O–H groups in total. The van der Waals surface area contributed by atoms with Gasteiger partial charge in [-0.05, 0) is 12.1 Å². The van der Waals surface area contributed by atoms with Crippen molar-refractivity contribution in [2.75, 3.05) is 20.3 Å². The summed E-state index contributed by atoms with van der Waals surface area (Å²) in [5.74, 6) is -0.342. The van der Waals surface area contributed by atoms with Gasteiger partial charge in [-0.15, -0.1) is 0 Å². The highest BCUT2D eigenvalue weighted by Gasteiger charge is 2.01. The minimum absolute atomic E-state index is 0.298. The van der Waals surface area contributed by atoms with Crippen LogP contribution in [0.4, 0.5) is 4.39 Å². The normalized spacial score (nSPS) is 10.6. The Morgan fingerprint density at radius 2 is 2.20 bits per heavy atom. The van der Waals surface area contributed by atoms with Crippen molar-refractivity contribution in [2.24, 2.45) is 0 Å². The summed E-state index contributed by atoms with van der Waals surface area (Å²) in [5.41, 5.74) is 3.14. The van der Waals surface area contributed by atoms with E-state index in [0.717, 1.165) is 0 Å². The molecule has 0 aliphatic carbocycles. The summed E-state index contributed by atoms with van der Waals surface area (Å²) < 4.78 is 18.0. The molecule has 84 valence electrons. The molecular weight excluding hydrogens is 221 g/mol. The highest BCUT2D eigenvalue weighted by Crippen LogP contribution is 2.14. The minimum Gasteiger partial charge on any atom is -0.382 e. The summed E-state index contributed by atoms with van der Waals surface area (Å²) in [6.45, 7) is 1.22. The van der Waals surface area contributed by atoms with Gasteiger partial charge < -0.3 is 4.74 Å². The van der Waals surface area contributed by atoms with Crippen LogP contribution in [0.25, 0.3) is 0 Å². The lowest BCUT2D eigenvalue weighted by atomic mass is 10.2. The lowest BCUT2D eigenvalue weighted by molar-refractivity contribution is 0.00308. The fourth-order valence-electron chi connectivity index (χ4n) is 0.991. The van der Waals surface area contributed by atoms with Crippen LogP contribution in [0.15, 0.2) is 18.2 Å². The summed E-state index contributed by atoms with van der Waals surface area (Å²) in [4.78, 5) is 4.99. The third kappa shape index (κ3) is 4.57. The van der Waals surface area contributed by atoms with E-state index in [2.05, 4.69) is 5.48 Å². The SMILES string of the molecule is COCCONCc1ccc(Cl)cc1F. The molecule has 0 spiro atoms. The number of ether oxygens (including phenoxy) is 1. The summed E-state index contributed by atoms with van der Waals surface area (Å²) in [5, 5.41) is 0.386. The molecule has 0 atom stereocenters. The number of hydrogen-bond acceptors (Lipinski definition) is 3. The second-order valence-corrected chi connectivity index (χ2v) is 3.33. The molecule has 1 aromatic rings. The lowest BCUT2D eigenvalue weighted by Crippen LogP contribution is -2.17. The first kappa shape index (κ1) is 12.4. The molecule has 0 amide bonds. The topological polar surface area (TPSA) is 30.5 Å². The van der Waals surface area contributed by atoms with Gasteiger partial charge in [-0.3, -0.25) is 4.84 Å². The van der Waals surface area contributed by atoms with Crippen LogP contribution in [0.2, 0.25) is 5.02 Å². The van der Waals surface area contributed by atoms with Crippen molar-refractivity contribution >= 4 is 11.6 Å². The number of nitrogens with one attached hydrogen (secondary N) is 1. The molecule has 1 rings (SSSR count). The Morgan fingerprint density at radius 1 is 1.40 bits per heavy atom. The first-order valence-electron chi connectivity index (χ1n) is 4.51. The molecule has 15 heavy (non-hydrogen) atoms. The third-order valence-corrected chi connectivity index (χ3v) is 2.00. The van der Waals surface area contributed by atoms with Gasteiger partial charge in [0.1, 0.15) is 5.82 Å². The van der Waals surface area contributed by atoms with Gasteiger partial charge in [0.05, 0.1) is 13.2 Å². The van der Waals surface area contributed by atoms with Gasteiger partial charge in [0, 0.05) is 24.2 Å². The Bertz CT molecular complexity index is 309. The van der Waals surface area contributed by atoms with Gasteiger partial charge >= 0.3 is 0 Å². The number of rotatable bonds is 6. The summed E-state index contributed by atoms with van der Waals surface area (Å²) in [6.07, 6.45) is 0. The summed E-state index contributed by atoms with van der Waals surface area (Å²) in [6, 6.07) is 4.52. The largest absolute Gasteiger partial charge is 0.382 e.